The van der Waals surface area contributed by atoms with Crippen LogP contribution in [-0.4, -0.2) is 74.6 Å². The van der Waals surface area contributed by atoms with E-state index in [1.807, 2.05) is 11.9 Å². The summed E-state index contributed by atoms with van der Waals surface area (Å²) in [5.74, 6) is 0.149. The Morgan fingerprint density at radius 2 is 2.20 bits per heavy atom. The quantitative estimate of drug-likeness (QED) is 0.418. The molecule has 9 heteroatoms. The van der Waals surface area contributed by atoms with Crippen molar-refractivity contribution in [3.8, 4) is 5.75 Å². The maximum atomic E-state index is 13.5. The summed E-state index contributed by atoms with van der Waals surface area (Å²) < 4.78 is 18.9. The molecule has 0 saturated carbocycles. The lowest BCUT2D eigenvalue weighted by atomic mass is 10.3. The van der Waals surface area contributed by atoms with Crippen molar-refractivity contribution in [2.24, 2.45) is 4.99 Å². The van der Waals surface area contributed by atoms with E-state index in [4.69, 9.17) is 4.74 Å². The summed E-state index contributed by atoms with van der Waals surface area (Å²) in [6.07, 6.45) is 0. The predicted octanol–water partition coefficient (Wildman–Crippen LogP) is 0.264. The van der Waals surface area contributed by atoms with E-state index in [0.717, 1.165) is 4.90 Å². The van der Waals surface area contributed by atoms with Crippen LogP contribution >= 0.6 is 0 Å². The van der Waals surface area contributed by atoms with Gasteiger partial charge in [-0.15, -0.1) is 0 Å². The van der Waals surface area contributed by atoms with Crippen LogP contribution in [0.3, 0.4) is 0 Å². The van der Waals surface area contributed by atoms with E-state index in [0.29, 0.717) is 19.0 Å². The van der Waals surface area contributed by atoms with Gasteiger partial charge in [0.1, 0.15) is 6.61 Å². The number of rotatable bonds is 7. The van der Waals surface area contributed by atoms with Gasteiger partial charge in [0.05, 0.1) is 13.1 Å². The number of halogens is 1. The van der Waals surface area contributed by atoms with Gasteiger partial charge in [-0.1, -0.05) is 12.1 Å². The molecule has 8 nitrogen and oxygen atoms in total. The molecule has 1 aromatic carbocycles. The molecular formula is C16H22FN5O3. The first-order valence-corrected chi connectivity index (χ1v) is 7.90. The number of carbonyl (C=O) groups is 2. The summed E-state index contributed by atoms with van der Waals surface area (Å²) in [6.45, 7) is 1.44. The van der Waals surface area contributed by atoms with Crippen molar-refractivity contribution in [1.82, 2.24) is 20.4 Å². The van der Waals surface area contributed by atoms with Gasteiger partial charge in [-0.25, -0.2) is 9.18 Å². The molecule has 25 heavy (non-hydrogen) atoms. The molecule has 0 atom stereocenters. The van der Waals surface area contributed by atoms with Gasteiger partial charge < -0.3 is 20.3 Å². The molecule has 2 N–H and O–H groups in total. The zero-order valence-corrected chi connectivity index (χ0v) is 14.3. The number of aliphatic imine (C=N–C) groups is 1. The van der Waals surface area contributed by atoms with E-state index in [9.17, 15) is 14.0 Å². The predicted molar refractivity (Wildman–Crippen MR) is 91.0 cm³/mol. The summed E-state index contributed by atoms with van der Waals surface area (Å²) in [5.41, 5.74) is 0. The summed E-state index contributed by atoms with van der Waals surface area (Å²) in [5, 5.41) is 5.53. The van der Waals surface area contributed by atoms with Crippen molar-refractivity contribution in [2.45, 2.75) is 0 Å². The van der Waals surface area contributed by atoms with E-state index in [1.54, 1.807) is 25.2 Å². The fourth-order valence-electron chi connectivity index (χ4n) is 2.31. The molecule has 1 aliphatic rings. The minimum atomic E-state index is -0.402. The van der Waals surface area contributed by atoms with Crippen molar-refractivity contribution in [3.05, 3.63) is 30.1 Å². The summed E-state index contributed by atoms with van der Waals surface area (Å²) >= 11 is 0. The monoisotopic (exact) mass is 351 g/mol. The first kappa shape index (κ1) is 18.5. The van der Waals surface area contributed by atoms with Crippen molar-refractivity contribution in [1.29, 1.82) is 0 Å². The van der Waals surface area contributed by atoms with Gasteiger partial charge in [0.15, 0.2) is 17.5 Å². The number of guanidine groups is 1. The lowest BCUT2D eigenvalue weighted by Crippen LogP contribution is -2.44. The Morgan fingerprint density at radius 1 is 1.44 bits per heavy atom. The third-order valence-corrected chi connectivity index (χ3v) is 3.65. The lowest BCUT2D eigenvalue weighted by molar-refractivity contribution is -0.124. The second-order valence-corrected chi connectivity index (χ2v) is 5.38. The van der Waals surface area contributed by atoms with E-state index in [-0.39, 0.29) is 37.4 Å². The number of para-hydroxylation sites is 1. The molecule has 1 saturated heterocycles. The molecule has 0 spiro atoms. The van der Waals surface area contributed by atoms with E-state index in [1.165, 1.54) is 6.07 Å². The zero-order chi connectivity index (χ0) is 18.2. The van der Waals surface area contributed by atoms with E-state index in [2.05, 4.69) is 15.6 Å². The average molecular weight is 351 g/mol. The zero-order valence-electron chi connectivity index (χ0n) is 14.3. The highest BCUT2D eigenvalue weighted by atomic mass is 19.1. The van der Waals surface area contributed by atoms with Gasteiger partial charge in [-0.05, 0) is 12.1 Å². The Morgan fingerprint density at radius 3 is 2.84 bits per heavy atom. The second-order valence-electron chi connectivity index (χ2n) is 5.38. The summed E-state index contributed by atoms with van der Waals surface area (Å²) in [6, 6.07) is 5.84. The molecule has 3 amide bonds. The highest BCUT2D eigenvalue weighted by molar-refractivity contribution is 6.01. The van der Waals surface area contributed by atoms with Crippen LogP contribution < -0.4 is 15.4 Å². The molecule has 0 radical (unpaired) electrons. The summed E-state index contributed by atoms with van der Waals surface area (Å²) in [4.78, 5) is 30.0. The molecule has 0 unspecified atom stereocenters. The number of hydrogen-bond donors (Lipinski definition) is 2. The molecule has 0 aliphatic carbocycles. The lowest BCUT2D eigenvalue weighted by Gasteiger charge is -2.23. The van der Waals surface area contributed by atoms with E-state index < -0.39 is 5.82 Å². The van der Waals surface area contributed by atoms with Crippen LogP contribution in [0.5, 0.6) is 5.75 Å². The summed E-state index contributed by atoms with van der Waals surface area (Å²) in [7, 11) is 3.44. The molecule has 1 aromatic rings. The van der Waals surface area contributed by atoms with Crippen molar-refractivity contribution in [3.63, 3.8) is 0 Å². The van der Waals surface area contributed by atoms with Crippen LogP contribution in [0.2, 0.25) is 0 Å². The minimum absolute atomic E-state index is 0.0425. The van der Waals surface area contributed by atoms with Gasteiger partial charge in [0.25, 0.3) is 0 Å². The average Bonchev–Trinajstić information content (AvgIpc) is 2.92. The van der Waals surface area contributed by atoms with Gasteiger partial charge in [-0.2, -0.15) is 0 Å². The first-order chi connectivity index (χ1) is 12.0. The Kier molecular flexibility index (Phi) is 6.55. The fraction of sp³-hybridized carbons (Fsp3) is 0.438. The van der Waals surface area contributed by atoms with Crippen molar-refractivity contribution >= 4 is 17.9 Å². The molecule has 0 aromatic heterocycles. The third kappa shape index (κ3) is 5.07. The number of urea groups is 1. The fourth-order valence-corrected chi connectivity index (χ4v) is 2.31. The minimum Gasteiger partial charge on any atom is -0.489 e. The molecule has 1 heterocycles. The maximum absolute atomic E-state index is 13.5. The Bertz CT molecular complexity index is 636. The van der Waals surface area contributed by atoms with Crippen LogP contribution in [0, 0.1) is 5.82 Å². The van der Waals surface area contributed by atoms with E-state index >= 15 is 0 Å². The van der Waals surface area contributed by atoms with Gasteiger partial charge in [0, 0.05) is 27.2 Å². The number of hydrogen-bond acceptors (Lipinski definition) is 4. The Balaban J connectivity index is 1.73. The van der Waals surface area contributed by atoms with Crippen LogP contribution in [0.25, 0.3) is 0 Å². The number of carbonyl (C=O) groups excluding carboxylic acids is 2. The standard InChI is InChI=1S/C16H22FN5O3/c1-18-15(19-7-8-22-14(23)11-20-16(22)24)21(2)9-10-25-13-6-4-3-5-12(13)17/h3-6H,7-11H2,1-2H3,(H,18,19)(H,20,24). The normalized spacial score (nSPS) is 14.5. The largest absolute Gasteiger partial charge is 0.489 e. The number of imide groups is 1. The van der Waals surface area contributed by atoms with Gasteiger partial charge in [0.2, 0.25) is 5.91 Å². The third-order valence-electron chi connectivity index (χ3n) is 3.65. The topological polar surface area (TPSA) is 86.3 Å². The van der Waals surface area contributed by atoms with Crippen molar-refractivity contribution in [2.75, 3.05) is 46.9 Å². The van der Waals surface area contributed by atoms with Crippen LogP contribution in [-0.2, 0) is 4.79 Å². The Hall–Kier alpha value is -2.84. The second kappa shape index (κ2) is 8.86. The number of amides is 3. The smallest absolute Gasteiger partial charge is 0.324 e. The first-order valence-electron chi connectivity index (χ1n) is 7.90. The van der Waals surface area contributed by atoms with Crippen molar-refractivity contribution < 1.29 is 18.7 Å². The molecule has 136 valence electrons. The SMILES string of the molecule is CN=C(NCCN1C(=O)CNC1=O)N(C)CCOc1ccccc1F. The highest BCUT2D eigenvalue weighted by Crippen LogP contribution is 2.14. The number of likely N-dealkylation sites (N-methyl/N-ethyl adjacent to an activating group) is 1. The molecule has 1 fully saturated rings. The van der Waals surface area contributed by atoms with Crippen LogP contribution in [0.15, 0.2) is 29.3 Å². The Labute approximate surface area is 145 Å². The molecule has 0 bridgehead atoms. The maximum Gasteiger partial charge on any atom is 0.324 e. The molecule has 2 rings (SSSR count). The van der Waals surface area contributed by atoms with Crippen LogP contribution in [0.1, 0.15) is 0 Å². The van der Waals surface area contributed by atoms with Gasteiger partial charge >= 0.3 is 6.03 Å². The number of nitrogens with zero attached hydrogens (tertiary/aromatic N) is 3. The van der Waals surface area contributed by atoms with Gasteiger partial charge in [-0.3, -0.25) is 14.7 Å². The number of benzene rings is 1. The molecule has 1 aliphatic heterocycles. The number of nitrogens with one attached hydrogen (secondary N) is 2. The number of ether oxygens (including phenoxy) is 1. The molecular weight excluding hydrogens is 329 g/mol. The highest BCUT2D eigenvalue weighted by Gasteiger charge is 2.27. The van der Waals surface area contributed by atoms with Crippen LogP contribution in [0.4, 0.5) is 9.18 Å².